The number of rotatable bonds is 7. The third-order valence-electron chi connectivity index (χ3n) is 2.91. The molecule has 0 saturated heterocycles. The van der Waals surface area contributed by atoms with E-state index >= 15 is 0 Å². The van der Waals surface area contributed by atoms with Crippen molar-refractivity contribution < 1.29 is 75.0 Å². The van der Waals surface area contributed by atoms with Crippen LogP contribution in [0.25, 0.3) is 0 Å². The van der Waals surface area contributed by atoms with Crippen LogP contribution in [-0.2, 0) is 0 Å². The van der Waals surface area contributed by atoms with Crippen molar-refractivity contribution in [1.82, 2.24) is 5.32 Å². The molecule has 0 aliphatic carbocycles. The number of hydrogen-bond acceptors (Lipinski definition) is 1. The van der Waals surface area contributed by atoms with Crippen LogP contribution in [0.1, 0.15) is 0 Å². The molecule has 0 spiro atoms. The summed E-state index contributed by atoms with van der Waals surface area (Å²) < 4.78 is 203. The van der Waals surface area contributed by atoms with Gasteiger partial charge < -0.3 is 5.32 Å². The first-order valence-electron chi connectivity index (χ1n) is 5.77. The van der Waals surface area contributed by atoms with Crippen LogP contribution in [0.15, 0.2) is 0 Å². The van der Waals surface area contributed by atoms with E-state index in [1.807, 2.05) is 0 Å². The molecule has 0 heterocycles. The van der Waals surface area contributed by atoms with Crippen LogP contribution in [0, 0.1) is 0 Å². The Hall–Kier alpha value is -1.36. The molecule has 1 N–H and O–H groups in total. The van der Waals surface area contributed by atoms with Crippen LogP contribution in [0.5, 0.6) is 0 Å². The van der Waals surface area contributed by atoms with Gasteiger partial charge >= 0.3 is 47.1 Å². The van der Waals surface area contributed by atoms with E-state index in [1.54, 1.807) is 0 Å². The highest BCUT2D eigenvalue weighted by Gasteiger charge is 2.94. The van der Waals surface area contributed by atoms with Gasteiger partial charge in [0.05, 0.1) is 0 Å². The highest BCUT2D eigenvalue weighted by Crippen LogP contribution is 2.62. The van der Waals surface area contributed by atoms with Crippen LogP contribution in [0.3, 0.4) is 0 Å². The monoisotopic (exact) mass is 479 g/mol. The third kappa shape index (κ3) is 3.51. The molecular weight excluding hydrogens is 478 g/mol. The number of carbonyl (C=O) groups is 1. The largest absolute Gasteiger partial charge is 0.460 e. The summed E-state index contributed by atoms with van der Waals surface area (Å²) in [5.74, 6) is -48.8. The second-order valence-electron chi connectivity index (χ2n) is 4.77. The molecule has 1 amide bonds. The van der Waals surface area contributed by atoms with Crippen LogP contribution in [0.2, 0.25) is 0 Å². The second-order valence-corrected chi connectivity index (χ2v) is 5.12. The first-order valence-corrected chi connectivity index (χ1v) is 6.15. The van der Waals surface area contributed by atoms with Crippen LogP contribution in [0.4, 0.5) is 75.0 Å². The Kier molecular flexibility index (Phi) is 6.53. The maximum absolute atomic E-state index is 13.1. The maximum atomic E-state index is 13.1. The summed E-state index contributed by atoms with van der Waals surface area (Å²) in [5, 5.41) is -2.58. The fourth-order valence-corrected chi connectivity index (χ4v) is 1.42. The van der Waals surface area contributed by atoms with Gasteiger partial charge in [0.2, 0.25) is 6.30 Å². The summed E-state index contributed by atoms with van der Waals surface area (Å²) in [6.07, 6.45) is -12.8. The zero-order chi connectivity index (χ0) is 23.4. The molecule has 0 fully saturated rings. The first-order chi connectivity index (χ1) is 11.8. The molecular formula is C9H2ClF16NO. The summed E-state index contributed by atoms with van der Waals surface area (Å²) in [4.78, 5) is 10.0. The fraction of sp³-hybridized carbons (Fsp3) is 0.889. The Bertz CT molecular complexity index is 597. The van der Waals surface area contributed by atoms with Gasteiger partial charge in [0.15, 0.2) is 0 Å². The van der Waals surface area contributed by atoms with E-state index in [0.717, 1.165) is 0 Å². The Morgan fingerprint density at radius 3 is 1.18 bits per heavy atom. The summed E-state index contributed by atoms with van der Waals surface area (Å²) >= 11 is 4.17. The lowest BCUT2D eigenvalue weighted by atomic mass is 9.91. The van der Waals surface area contributed by atoms with Gasteiger partial charge in [0.25, 0.3) is 0 Å². The van der Waals surface area contributed by atoms with Gasteiger partial charge in [0.1, 0.15) is 0 Å². The van der Waals surface area contributed by atoms with Gasteiger partial charge in [-0.2, -0.15) is 65.9 Å². The van der Waals surface area contributed by atoms with Crippen molar-refractivity contribution in [1.29, 1.82) is 0 Å². The van der Waals surface area contributed by atoms with Crippen molar-refractivity contribution in [2.45, 2.75) is 48.0 Å². The summed E-state index contributed by atoms with van der Waals surface area (Å²) in [7, 11) is 0. The number of hydrogen-bond donors (Lipinski definition) is 1. The summed E-state index contributed by atoms with van der Waals surface area (Å²) in [5.41, 5.74) is 0. The minimum Gasteiger partial charge on any atom is -0.308 e. The number of halogens is 17. The maximum Gasteiger partial charge on any atom is 0.460 e. The van der Waals surface area contributed by atoms with Crippen LogP contribution in [-0.4, -0.2) is 53.4 Å². The normalized spacial score (nSPS) is 16.8. The molecule has 0 bridgehead atoms. The molecule has 0 aromatic heterocycles. The van der Waals surface area contributed by atoms with Gasteiger partial charge in [-0.3, -0.25) is 4.79 Å². The molecule has 0 saturated carbocycles. The number of nitrogens with one attached hydrogen (secondary N) is 1. The van der Waals surface area contributed by atoms with Crippen molar-refractivity contribution in [2.24, 2.45) is 0 Å². The van der Waals surface area contributed by atoms with Gasteiger partial charge in [-0.1, -0.05) is 0 Å². The first kappa shape index (κ1) is 26.6. The lowest BCUT2D eigenvalue weighted by Gasteiger charge is -2.41. The van der Waals surface area contributed by atoms with Gasteiger partial charge in [0, 0.05) is 0 Å². The molecule has 0 aliphatic rings. The highest BCUT2D eigenvalue weighted by atomic mass is 35.5. The molecule has 28 heavy (non-hydrogen) atoms. The minimum atomic E-state index is -8.53. The second kappa shape index (κ2) is 6.86. The molecule has 1 atom stereocenters. The quantitative estimate of drug-likeness (QED) is 0.287. The lowest BCUT2D eigenvalue weighted by Crippen LogP contribution is -2.74. The van der Waals surface area contributed by atoms with Crippen molar-refractivity contribution in [2.75, 3.05) is 0 Å². The van der Waals surface area contributed by atoms with Gasteiger partial charge in [-0.15, -0.1) is 0 Å². The number of carbonyl (C=O) groups excluding carboxylic acids is 1. The average Bonchev–Trinajstić information content (AvgIpc) is 2.43. The third-order valence-corrected chi connectivity index (χ3v) is 3.02. The van der Waals surface area contributed by atoms with Crippen molar-refractivity contribution in [3.8, 4) is 0 Å². The Balaban J connectivity index is 6.51. The Morgan fingerprint density at radius 2 is 0.893 bits per heavy atom. The molecule has 2 nitrogen and oxygen atoms in total. The van der Waals surface area contributed by atoms with E-state index in [1.165, 1.54) is 0 Å². The van der Waals surface area contributed by atoms with E-state index in [2.05, 4.69) is 11.6 Å². The van der Waals surface area contributed by atoms with Crippen molar-refractivity contribution >= 4 is 17.0 Å². The highest BCUT2D eigenvalue weighted by molar-refractivity contribution is 6.62. The van der Waals surface area contributed by atoms with Gasteiger partial charge in [-0.05, 0) is 11.6 Å². The molecule has 1 unspecified atom stereocenters. The van der Waals surface area contributed by atoms with Gasteiger partial charge in [-0.25, -0.2) is 4.39 Å². The smallest absolute Gasteiger partial charge is 0.308 e. The zero-order valence-electron chi connectivity index (χ0n) is 11.9. The molecule has 168 valence electrons. The van der Waals surface area contributed by atoms with E-state index in [-0.39, 0.29) is 5.32 Å². The standard InChI is InChI=1S/C9H2ClF16NO/c10-2(28)27-1(11)3(12,13)4(14,15)5(16,17)6(18,19)7(20,21)8(22,23)9(24,25)26/h1H,(H,27,28). The Morgan fingerprint density at radius 1 is 0.607 bits per heavy atom. The average molecular weight is 480 g/mol. The lowest BCUT2D eigenvalue weighted by molar-refractivity contribution is -0.454. The fourth-order valence-electron chi connectivity index (χ4n) is 1.33. The zero-order valence-corrected chi connectivity index (χ0v) is 12.7. The SMILES string of the molecule is O=C(Cl)NC(F)C(F)(F)C(F)(F)C(F)(F)C(F)(F)C(F)(F)C(F)(F)C(F)(F)F. The summed E-state index contributed by atoms with van der Waals surface area (Å²) in [6.45, 7) is 0. The number of amides is 1. The molecule has 0 aliphatic heterocycles. The molecule has 0 aromatic carbocycles. The van der Waals surface area contributed by atoms with Crippen LogP contribution < -0.4 is 5.32 Å². The Labute approximate surface area is 146 Å². The topological polar surface area (TPSA) is 29.1 Å². The van der Waals surface area contributed by atoms with Crippen LogP contribution >= 0.6 is 11.6 Å². The van der Waals surface area contributed by atoms with E-state index in [0.29, 0.717) is 0 Å². The molecule has 19 heteroatoms. The number of alkyl halides is 16. The summed E-state index contributed by atoms with van der Waals surface area (Å²) in [6, 6.07) is 0. The van der Waals surface area contributed by atoms with E-state index in [4.69, 9.17) is 0 Å². The minimum absolute atomic E-state index is 0.0581. The molecule has 0 aromatic rings. The van der Waals surface area contributed by atoms with Crippen molar-refractivity contribution in [3.05, 3.63) is 0 Å². The van der Waals surface area contributed by atoms with Crippen molar-refractivity contribution in [3.63, 3.8) is 0 Å². The molecule has 0 rings (SSSR count). The predicted octanol–water partition coefficient (Wildman–Crippen LogP) is 5.60. The molecule has 0 radical (unpaired) electrons. The van der Waals surface area contributed by atoms with E-state index in [9.17, 15) is 75.0 Å². The van der Waals surface area contributed by atoms with E-state index < -0.39 is 53.4 Å². The predicted molar refractivity (Wildman–Crippen MR) is 55.0 cm³/mol.